The number of nitrogens with zero attached hydrogens (tertiary/aromatic N) is 2. The number of ether oxygens (including phenoxy) is 5. The molecular weight excluding hydrogens is 519 g/mol. The van der Waals surface area contributed by atoms with Crippen molar-refractivity contribution in [3.63, 3.8) is 0 Å². The molecule has 0 radical (unpaired) electrons. The van der Waals surface area contributed by atoms with E-state index in [4.69, 9.17) is 29.5 Å². The fraction of sp³-hybridized carbons (Fsp3) is 0.478. The molecule has 12 nitrogen and oxygen atoms in total. The first-order valence-corrected chi connectivity index (χ1v) is 11.0. The van der Waals surface area contributed by atoms with Crippen molar-refractivity contribution in [2.24, 2.45) is 15.9 Å². The fourth-order valence-electron chi connectivity index (χ4n) is 2.87. The van der Waals surface area contributed by atoms with Gasteiger partial charge in [0.1, 0.15) is 24.5 Å². The summed E-state index contributed by atoms with van der Waals surface area (Å²) < 4.78 is 66.5. The van der Waals surface area contributed by atoms with Gasteiger partial charge in [-0.15, -0.1) is 0 Å². The van der Waals surface area contributed by atoms with Crippen molar-refractivity contribution in [2.75, 3.05) is 13.2 Å². The highest BCUT2D eigenvalue weighted by Gasteiger charge is 2.34. The summed E-state index contributed by atoms with van der Waals surface area (Å²) in [5, 5.41) is 3.35. The second-order valence-electron chi connectivity index (χ2n) is 7.68. The summed E-state index contributed by atoms with van der Waals surface area (Å²) >= 11 is 0. The van der Waals surface area contributed by atoms with Crippen LogP contribution >= 0.6 is 0 Å². The van der Waals surface area contributed by atoms with Gasteiger partial charge in [-0.1, -0.05) is 0 Å². The van der Waals surface area contributed by atoms with E-state index in [-0.39, 0.29) is 11.3 Å². The number of esters is 4. The molecule has 0 amide bonds. The molecule has 0 aliphatic rings. The van der Waals surface area contributed by atoms with Crippen molar-refractivity contribution in [2.45, 2.75) is 59.2 Å². The van der Waals surface area contributed by atoms with Crippen molar-refractivity contribution in [1.82, 2.24) is 0 Å². The largest absolute Gasteiger partial charge is 0.463 e. The van der Waals surface area contributed by atoms with Crippen LogP contribution in [0.25, 0.3) is 0 Å². The van der Waals surface area contributed by atoms with Gasteiger partial charge in [-0.25, -0.2) is 13.2 Å². The van der Waals surface area contributed by atoms with E-state index in [2.05, 4.69) is 10.1 Å². The Labute approximate surface area is 215 Å². The van der Waals surface area contributed by atoms with Crippen molar-refractivity contribution < 1.29 is 56.0 Å². The van der Waals surface area contributed by atoms with Gasteiger partial charge >= 0.3 is 23.9 Å². The molecule has 0 aliphatic heterocycles. The Hall–Kier alpha value is -4.01. The molecular formula is C23H28F3N3O9. The predicted octanol–water partition coefficient (Wildman–Crippen LogP) is 1.56. The first kappa shape index (κ1) is 32.0. The fourth-order valence-corrected chi connectivity index (χ4v) is 2.87. The van der Waals surface area contributed by atoms with Crippen molar-refractivity contribution >= 4 is 35.8 Å². The quantitative estimate of drug-likeness (QED) is 0.0728. The summed E-state index contributed by atoms with van der Waals surface area (Å²) in [6.07, 6.45) is -4.30. The third kappa shape index (κ3) is 10.9. The van der Waals surface area contributed by atoms with Gasteiger partial charge in [-0.2, -0.15) is 5.10 Å². The number of hydrazone groups is 1. The van der Waals surface area contributed by atoms with Crippen LogP contribution in [-0.4, -0.2) is 73.6 Å². The van der Waals surface area contributed by atoms with Crippen LogP contribution in [0.2, 0.25) is 0 Å². The normalized spacial score (nSPS) is 14.8. The van der Waals surface area contributed by atoms with Crippen LogP contribution in [-0.2, 0) is 42.9 Å². The number of rotatable bonds is 13. The third-order valence-corrected chi connectivity index (χ3v) is 4.46. The van der Waals surface area contributed by atoms with E-state index < -0.39 is 79.1 Å². The Kier molecular flexibility index (Phi) is 12.9. The zero-order chi connectivity index (χ0) is 29.0. The van der Waals surface area contributed by atoms with Gasteiger partial charge in [0.25, 0.3) is 0 Å². The highest BCUT2D eigenvalue weighted by Crippen LogP contribution is 2.17. The monoisotopic (exact) mass is 547 g/mol. The Morgan fingerprint density at radius 3 is 1.92 bits per heavy atom. The highest BCUT2D eigenvalue weighted by atomic mass is 19.2. The van der Waals surface area contributed by atoms with E-state index in [1.807, 2.05) is 0 Å². The zero-order valence-corrected chi connectivity index (χ0v) is 21.2. The number of hydrogen-bond donors (Lipinski definition) is 1. The second kappa shape index (κ2) is 15.3. The molecule has 0 fully saturated rings. The maximum Gasteiger partial charge on any atom is 0.305 e. The molecule has 1 aromatic carbocycles. The lowest BCUT2D eigenvalue weighted by molar-refractivity contribution is -0.238. The lowest BCUT2D eigenvalue weighted by Gasteiger charge is -2.31. The number of aliphatic imine (C=N–C) groups is 1. The number of nitrogens with two attached hydrogens (primary N) is 1. The summed E-state index contributed by atoms with van der Waals surface area (Å²) in [5.41, 5.74) is -0.522. The van der Waals surface area contributed by atoms with E-state index in [1.54, 1.807) is 0 Å². The molecule has 0 saturated heterocycles. The van der Waals surface area contributed by atoms with E-state index in [0.29, 0.717) is 12.1 Å². The average molecular weight is 547 g/mol. The van der Waals surface area contributed by atoms with Gasteiger partial charge in [0.15, 0.2) is 23.6 Å². The van der Waals surface area contributed by atoms with Crippen molar-refractivity contribution in [3.05, 3.63) is 35.1 Å². The van der Waals surface area contributed by atoms with Gasteiger partial charge in [0, 0.05) is 39.5 Å². The predicted molar refractivity (Wildman–Crippen MR) is 124 cm³/mol. The molecule has 1 aromatic rings. The summed E-state index contributed by atoms with van der Waals surface area (Å²) in [4.78, 5) is 50.2. The minimum Gasteiger partial charge on any atom is -0.463 e. The molecule has 4 atom stereocenters. The SMILES string of the molecule is CC(=O)OCC(OC(OC(C)=O)C(CN=CC(=NN)c1cc(F)c(F)c(F)c1)OC(C)=O)C(C)OC(C)=O. The highest BCUT2D eigenvalue weighted by molar-refractivity contribution is 6.38. The van der Waals surface area contributed by atoms with Gasteiger partial charge in [-0.05, 0) is 19.1 Å². The molecule has 0 heterocycles. The Morgan fingerprint density at radius 1 is 0.895 bits per heavy atom. The number of hydrogen-bond acceptors (Lipinski definition) is 12. The number of carbonyl (C=O) groups is 4. The van der Waals surface area contributed by atoms with Crippen LogP contribution in [0.5, 0.6) is 0 Å². The van der Waals surface area contributed by atoms with Crippen LogP contribution in [0.1, 0.15) is 40.2 Å². The van der Waals surface area contributed by atoms with Crippen molar-refractivity contribution in [3.8, 4) is 0 Å². The topological polar surface area (TPSA) is 165 Å². The summed E-state index contributed by atoms with van der Waals surface area (Å²) in [7, 11) is 0. The molecule has 0 bridgehead atoms. The third-order valence-electron chi connectivity index (χ3n) is 4.46. The standard InChI is InChI=1S/C23H28F3N3O9/c1-11(35-13(3)31)21(10-34-12(2)30)38-23(37-15(5)33)20(36-14(4)32)9-28-8-19(29-27)16-6-17(24)22(26)18(25)7-16/h6-8,11,20-21,23H,9-10,27H2,1-5H3. The number of benzene rings is 1. The molecule has 2 N–H and O–H groups in total. The lowest BCUT2D eigenvalue weighted by Crippen LogP contribution is -2.45. The van der Waals surface area contributed by atoms with Crippen LogP contribution in [0.15, 0.2) is 22.2 Å². The molecule has 4 unspecified atom stereocenters. The maximum atomic E-state index is 13.6. The van der Waals surface area contributed by atoms with E-state index in [9.17, 15) is 32.3 Å². The average Bonchev–Trinajstić information content (AvgIpc) is 2.80. The Morgan fingerprint density at radius 2 is 1.45 bits per heavy atom. The maximum absolute atomic E-state index is 13.6. The smallest absolute Gasteiger partial charge is 0.305 e. The Balaban J connectivity index is 3.25. The van der Waals surface area contributed by atoms with E-state index in [0.717, 1.165) is 33.9 Å². The van der Waals surface area contributed by atoms with E-state index >= 15 is 0 Å². The van der Waals surface area contributed by atoms with Crippen LogP contribution < -0.4 is 5.84 Å². The zero-order valence-electron chi connectivity index (χ0n) is 21.2. The van der Waals surface area contributed by atoms with Crippen molar-refractivity contribution in [1.29, 1.82) is 0 Å². The van der Waals surface area contributed by atoms with Gasteiger partial charge in [0.05, 0.1) is 6.54 Å². The molecule has 0 spiro atoms. The summed E-state index contributed by atoms with van der Waals surface area (Å²) in [5.74, 6) is -2.45. The molecule has 0 aromatic heterocycles. The molecule has 210 valence electrons. The number of carbonyl (C=O) groups excluding carboxylic acids is 4. The number of halogens is 3. The van der Waals surface area contributed by atoms with E-state index in [1.165, 1.54) is 6.92 Å². The van der Waals surface area contributed by atoms with Crippen LogP contribution in [0.3, 0.4) is 0 Å². The minimum atomic E-state index is -1.69. The molecule has 1 rings (SSSR count). The summed E-state index contributed by atoms with van der Waals surface area (Å²) in [6, 6.07) is 1.28. The second-order valence-corrected chi connectivity index (χ2v) is 7.68. The molecule has 0 aliphatic carbocycles. The molecule has 0 saturated carbocycles. The Bertz CT molecular complexity index is 1060. The van der Waals surface area contributed by atoms with Gasteiger partial charge in [-0.3, -0.25) is 24.2 Å². The summed E-state index contributed by atoms with van der Waals surface area (Å²) in [6.45, 7) is 4.88. The lowest BCUT2D eigenvalue weighted by atomic mass is 10.1. The van der Waals surface area contributed by atoms with Gasteiger partial charge in [0.2, 0.25) is 6.29 Å². The van der Waals surface area contributed by atoms with Gasteiger partial charge < -0.3 is 29.5 Å². The van der Waals surface area contributed by atoms with Crippen LogP contribution in [0.4, 0.5) is 13.2 Å². The minimum absolute atomic E-state index is 0.249. The van der Waals surface area contributed by atoms with Crippen LogP contribution in [0, 0.1) is 17.5 Å². The first-order valence-electron chi connectivity index (χ1n) is 11.0. The first-order chi connectivity index (χ1) is 17.7. The molecule has 15 heteroatoms. The molecule has 38 heavy (non-hydrogen) atoms.